The van der Waals surface area contributed by atoms with Crippen molar-refractivity contribution in [2.24, 2.45) is 0 Å². The number of rotatable bonds is 6. The summed E-state index contributed by atoms with van der Waals surface area (Å²) in [6.45, 7) is 2.69. The van der Waals surface area contributed by atoms with E-state index in [-0.39, 0.29) is 28.6 Å². The number of aromatic nitrogens is 3. The average Bonchev–Trinajstić information content (AvgIpc) is 3.18. The number of piperidine rings is 1. The van der Waals surface area contributed by atoms with Crippen molar-refractivity contribution < 1.29 is 4.79 Å². The first-order valence-electron chi connectivity index (χ1n) is 10.4. The minimum atomic E-state index is -0.382. The third kappa shape index (κ3) is 4.48. The van der Waals surface area contributed by atoms with Crippen molar-refractivity contribution in [1.82, 2.24) is 25.0 Å². The fraction of sp³-hybridized carbons (Fsp3) is 0.524. The summed E-state index contributed by atoms with van der Waals surface area (Å²) in [6, 6.07) is 5.10. The summed E-state index contributed by atoms with van der Waals surface area (Å²) in [4.78, 5) is 41.3. The van der Waals surface area contributed by atoms with Crippen LogP contribution in [0.25, 0.3) is 0 Å². The standard InChI is InChI=1S/C21H27N5O3/c27-19-13-15-5-3-8-18(15)24-26(19)12-11-25-10-2-1-6-16(25)14-23-21(29)17-7-4-9-22-20(17)28/h4,7,9,13,16H,1-3,5-6,8,10-12,14H2,(H,22,28)(H,23,29). The SMILES string of the molecule is O=C(NCC1CCCCN1CCn1nc2c(cc1=O)CCC2)c1ccc[nH]c1=O. The lowest BCUT2D eigenvalue weighted by molar-refractivity contribution is 0.0907. The van der Waals surface area contributed by atoms with Crippen LogP contribution in [0.2, 0.25) is 0 Å². The maximum Gasteiger partial charge on any atom is 0.267 e. The highest BCUT2D eigenvalue weighted by atomic mass is 16.2. The van der Waals surface area contributed by atoms with Crippen LogP contribution >= 0.6 is 0 Å². The van der Waals surface area contributed by atoms with Gasteiger partial charge in [0.15, 0.2) is 0 Å². The van der Waals surface area contributed by atoms with Crippen LogP contribution in [0.4, 0.5) is 0 Å². The predicted octanol–water partition coefficient (Wildman–Crippen LogP) is 0.705. The van der Waals surface area contributed by atoms with Crippen LogP contribution < -0.4 is 16.4 Å². The molecule has 154 valence electrons. The molecule has 1 amide bonds. The maximum atomic E-state index is 12.3. The molecule has 2 aromatic heterocycles. The smallest absolute Gasteiger partial charge is 0.267 e. The first-order chi connectivity index (χ1) is 14.1. The molecular formula is C21H27N5O3. The van der Waals surface area contributed by atoms with Gasteiger partial charge in [0.05, 0.1) is 12.2 Å². The molecule has 1 aliphatic carbocycles. The molecule has 1 aliphatic heterocycles. The lowest BCUT2D eigenvalue weighted by Gasteiger charge is -2.35. The molecule has 0 bridgehead atoms. The second kappa shape index (κ2) is 8.73. The Kier molecular flexibility index (Phi) is 5.89. The molecule has 0 aromatic carbocycles. The number of hydrogen-bond acceptors (Lipinski definition) is 5. The third-order valence-electron chi connectivity index (χ3n) is 5.93. The molecule has 29 heavy (non-hydrogen) atoms. The van der Waals surface area contributed by atoms with E-state index < -0.39 is 0 Å². The van der Waals surface area contributed by atoms with Crippen molar-refractivity contribution in [2.75, 3.05) is 19.6 Å². The van der Waals surface area contributed by atoms with Gasteiger partial charge in [-0.1, -0.05) is 6.42 Å². The van der Waals surface area contributed by atoms with E-state index in [1.807, 2.05) is 0 Å². The molecule has 2 aliphatic rings. The number of fused-ring (bicyclic) bond motifs is 1. The molecule has 0 saturated carbocycles. The highest BCUT2D eigenvalue weighted by Gasteiger charge is 2.24. The highest BCUT2D eigenvalue weighted by Crippen LogP contribution is 2.18. The van der Waals surface area contributed by atoms with E-state index in [4.69, 9.17) is 0 Å². The van der Waals surface area contributed by atoms with Gasteiger partial charge < -0.3 is 10.3 Å². The van der Waals surface area contributed by atoms with Gasteiger partial charge >= 0.3 is 0 Å². The van der Waals surface area contributed by atoms with Gasteiger partial charge in [-0.05, 0) is 56.3 Å². The third-order valence-corrected chi connectivity index (χ3v) is 5.93. The van der Waals surface area contributed by atoms with Crippen LogP contribution in [0.5, 0.6) is 0 Å². The summed E-state index contributed by atoms with van der Waals surface area (Å²) in [5.74, 6) is -0.353. The van der Waals surface area contributed by atoms with Crippen molar-refractivity contribution in [2.45, 2.75) is 51.1 Å². The molecule has 1 atom stereocenters. The van der Waals surface area contributed by atoms with Crippen LogP contribution in [-0.4, -0.2) is 51.2 Å². The summed E-state index contributed by atoms with van der Waals surface area (Å²) in [5, 5.41) is 7.45. The van der Waals surface area contributed by atoms with Crippen molar-refractivity contribution >= 4 is 5.91 Å². The molecule has 1 fully saturated rings. The van der Waals surface area contributed by atoms with Crippen LogP contribution in [0.15, 0.2) is 34.0 Å². The number of carbonyl (C=O) groups is 1. The average molecular weight is 397 g/mol. The van der Waals surface area contributed by atoms with Crippen molar-refractivity contribution in [3.05, 3.63) is 61.9 Å². The maximum absolute atomic E-state index is 12.3. The van der Waals surface area contributed by atoms with E-state index in [2.05, 4.69) is 20.3 Å². The Morgan fingerprint density at radius 3 is 2.97 bits per heavy atom. The lowest BCUT2D eigenvalue weighted by Crippen LogP contribution is -2.48. The Morgan fingerprint density at radius 2 is 2.10 bits per heavy atom. The zero-order valence-corrected chi connectivity index (χ0v) is 16.5. The molecule has 4 rings (SSSR count). The molecule has 8 heteroatoms. The normalized spacial score (nSPS) is 19.1. The number of likely N-dealkylation sites (tertiary alicyclic amines) is 1. The lowest BCUT2D eigenvalue weighted by atomic mass is 10.0. The van der Waals surface area contributed by atoms with Crippen molar-refractivity contribution in [3.63, 3.8) is 0 Å². The number of amides is 1. The zero-order chi connectivity index (χ0) is 20.2. The highest BCUT2D eigenvalue weighted by molar-refractivity contribution is 5.93. The molecule has 1 saturated heterocycles. The van der Waals surface area contributed by atoms with Gasteiger partial charge in [-0.2, -0.15) is 5.10 Å². The summed E-state index contributed by atoms with van der Waals surface area (Å²) in [5.41, 5.74) is 1.87. The molecule has 2 N–H and O–H groups in total. The molecular weight excluding hydrogens is 370 g/mol. The van der Waals surface area contributed by atoms with E-state index in [9.17, 15) is 14.4 Å². The summed E-state index contributed by atoms with van der Waals surface area (Å²) in [7, 11) is 0. The number of H-pyrrole nitrogens is 1. The predicted molar refractivity (Wildman–Crippen MR) is 109 cm³/mol. The monoisotopic (exact) mass is 397 g/mol. The Hall–Kier alpha value is -2.74. The minimum Gasteiger partial charge on any atom is -0.350 e. The number of nitrogens with one attached hydrogen (secondary N) is 2. The second-order valence-corrected chi connectivity index (χ2v) is 7.84. The van der Waals surface area contributed by atoms with Crippen LogP contribution in [0.1, 0.15) is 47.3 Å². The zero-order valence-electron chi connectivity index (χ0n) is 16.5. The number of hydrogen-bond donors (Lipinski definition) is 2. The fourth-order valence-electron chi connectivity index (χ4n) is 4.31. The number of aromatic amines is 1. The number of carbonyl (C=O) groups excluding carboxylic acids is 1. The van der Waals surface area contributed by atoms with Crippen LogP contribution in [0.3, 0.4) is 0 Å². The van der Waals surface area contributed by atoms with Crippen molar-refractivity contribution in [3.8, 4) is 0 Å². The topological polar surface area (TPSA) is 100 Å². The van der Waals surface area contributed by atoms with Gasteiger partial charge in [0, 0.05) is 31.4 Å². The minimum absolute atomic E-state index is 0.0317. The van der Waals surface area contributed by atoms with Gasteiger partial charge in [-0.25, -0.2) is 4.68 Å². The quantitative estimate of drug-likeness (QED) is 0.748. The second-order valence-electron chi connectivity index (χ2n) is 7.84. The number of aryl methyl sites for hydroxylation is 2. The van der Waals surface area contributed by atoms with E-state index in [1.165, 1.54) is 12.3 Å². The van der Waals surface area contributed by atoms with Crippen LogP contribution in [0, 0.1) is 0 Å². The first-order valence-corrected chi connectivity index (χ1v) is 10.4. The Labute approximate surface area is 168 Å². The largest absolute Gasteiger partial charge is 0.350 e. The van der Waals surface area contributed by atoms with Gasteiger partial charge in [-0.3, -0.25) is 19.3 Å². The van der Waals surface area contributed by atoms with Crippen LogP contribution in [-0.2, 0) is 19.4 Å². The first kappa shape index (κ1) is 19.6. The molecule has 3 heterocycles. The fourth-order valence-corrected chi connectivity index (χ4v) is 4.31. The van der Waals surface area contributed by atoms with E-state index in [1.54, 1.807) is 16.8 Å². The summed E-state index contributed by atoms with van der Waals surface area (Å²) < 4.78 is 1.58. The Bertz CT molecular complexity index is 996. The summed E-state index contributed by atoms with van der Waals surface area (Å²) in [6.07, 6.45) is 7.69. The molecule has 1 unspecified atom stereocenters. The molecule has 2 aromatic rings. The van der Waals surface area contributed by atoms with E-state index in [0.717, 1.165) is 62.9 Å². The van der Waals surface area contributed by atoms with E-state index >= 15 is 0 Å². The van der Waals surface area contributed by atoms with Crippen molar-refractivity contribution in [1.29, 1.82) is 0 Å². The Morgan fingerprint density at radius 1 is 1.21 bits per heavy atom. The number of nitrogens with zero attached hydrogens (tertiary/aromatic N) is 3. The summed E-state index contributed by atoms with van der Waals surface area (Å²) >= 11 is 0. The Balaban J connectivity index is 1.37. The van der Waals surface area contributed by atoms with Gasteiger partial charge in [0.2, 0.25) is 0 Å². The van der Waals surface area contributed by atoms with E-state index in [0.29, 0.717) is 13.1 Å². The molecule has 0 radical (unpaired) electrons. The van der Waals surface area contributed by atoms with Gasteiger partial charge in [0.1, 0.15) is 5.56 Å². The molecule has 8 nitrogen and oxygen atoms in total. The van der Waals surface area contributed by atoms with Gasteiger partial charge in [-0.15, -0.1) is 0 Å². The number of pyridine rings is 1. The van der Waals surface area contributed by atoms with Gasteiger partial charge in [0.25, 0.3) is 17.0 Å². The molecule has 0 spiro atoms.